The van der Waals surface area contributed by atoms with Gasteiger partial charge < -0.3 is 15.6 Å². The summed E-state index contributed by atoms with van der Waals surface area (Å²) < 4.78 is 2.27. The number of benzene rings is 1. The van der Waals surface area contributed by atoms with Crippen LogP contribution in [0.15, 0.2) is 36.5 Å². The van der Waals surface area contributed by atoms with E-state index in [9.17, 15) is 9.59 Å². The summed E-state index contributed by atoms with van der Waals surface area (Å²) in [4.78, 5) is 28.9. The van der Waals surface area contributed by atoms with Crippen molar-refractivity contribution in [2.24, 2.45) is 11.7 Å². The number of primary amides is 1. The van der Waals surface area contributed by atoms with Crippen LogP contribution in [0.2, 0.25) is 0 Å². The first kappa shape index (κ1) is 17.4. The number of likely N-dealkylation sites (tertiary alicyclic amines) is 1. The molecular weight excluding hydrogens is 336 g/mol. The predicted octanol–water partition coefficient (Wildman–Crippen LogP) is 2.65. The Balaban J connectivity index is 1.80. The number of piperidine rings is 1. The van der Waals surface area contributed by atoms with E-state index in [-0.39, 0.29) is 11.8 Å². The summed E-state index contributed by atoms with van der Waals surface area (Å²) in [7, 11) is 0. The molecule has 1 aromatic carbocycles. The van der Waals surface area contributed by atoms with Crippen LogP contribution in [0.5, 0.6) is 0 Å². The molecule has 2 aromatic rings. The van der Waals surface area contributed by atoms with Crippen molar-refractivity contribution in [1.82, 2.24) is 14.5 Å². The van der Waals surface area contributed by atoms with Crippen molar-refractivity contribution in [2.45, 2.75) is 25.7 Å². The minimum absolute atomic E-state index is 0.0417. The molecule has 0 aliphatic carbocycles. The number of carbonyl (C=O) groups is 2. The van der Waals surface area contributed by atoms with Crippen molar-refractivity contribution in [2.75, 3.05) is 13.1 Å². The standard InChI is InChI=1S/C18H22N4O2S/c19-16(23)9-8-13-5-4-10-21(12-13)17(24)15-11-20-18(25)22(15)14-6-2-1-3-7-14/h1-3,6-7,11,13H,4-5,8-10,12H2,(H2,19,23)(H,20,25). The molecule has 25 heavy (non-hydrogen) atoms. The molecule has 1 atom stereocenters. The molecule has 1 saturated heterocycles. The Morgan fingerprint density at radius 2 is 2.04 bits per heavy atom. The quantitative estimate of drug-likeness (QED) is 0.806. The van der Waals surface area contributed by atoms with Crippen LogP contribution in [-0.4, -0.2) is 39.4 Å². The van der Waals surface area contributed by atoms with Gasteiger partial charge in [-0.2, -0.15) is 0 Å². The summed E-state index contributed by atoms with van der Waals surface area (Å²) in [5.74, 6) is -0.0102. The van der Waals surface area contributed by atoms with E-state index >= 15 is 0 Å². The molecule has 0 bridgehead atoms. The molecule has 3 rings (SSSR count). The highest BCUT2D eigenvalue weighted by atomic mass is 32.1. The minimum Gasteiger partial charge on any atom is -0.370 e. The smallest absolute Gasteiger partial charge is 0.272 e. The van der Waals surface area contributed by atoms with Crippen molar-refractivity contribution in [1.29, 1.82) is 0 Å². The van der Waals surface area contributed by atoms with Gasteiger partial charge in [0.2, 0.25) is 5.91 Å². The SMILES string of the molecule is NC(=O)CCC1CCCN(C(=O)c2c[nH]c(=S)n2-c2ccccc2)C1. The zero-order valence-corrected chi connectivity index (χ0v) is 14.8. The molecule has 3 N–H and O–H groups in total. The summed E-state index contributed by atoms with van der Waals surface area (Å²) in [6, 6.07) is 9.60. The van der Waals surface area contributed by atoms with Gasteiger partial charge in [0.05, 0.1) is 0 Å². The molecule has 0 saturated carbocycles. The molecule has 7 heteroatoms. The predicted molar refractivity (Wildman–Crippen MR) is 98.0 cm³/mol. The van der Waals surface area contributed by atoms with Crippen molar-refractivity contribution in [3.63, 3.8) is 0 Å². The van der Waals surface area contributed by atoms with E-state index < -0.39 is 0 Å². The van der Waals surface area contributed by atoms with Gasteiger partial charge >= 0.3 is 0 Å². The van der Waals surface area contributed by atoms with E-state index in [4.69, 9.17) is 18.0 Å². The number of nitrogens with zero attached hydrogens (tertiary/aromatic N) is 2. The van der Waals surface area contributed by atoms with Crippen molar-refractivity contribution in [3.8, 4) is 5.69 Å². The Morgan fingerprint density at radius 1 is 1.28 bits per heavy atom. The van der Waals surface area contributed by atoms with Crippen LogP contribution >= 0.6 is 12.2 Å². The number of nitrogens with two attached hydrogens (primary N) is 1. The summed E-state index contributed by atoms with van der Waals surface area (Å²) >= 11 is 5.35. The molecule has 1 unspecified atom stereocenters. The summed E-state index contributed by atoms with van der Waals surface area (Å²) in [6.45, 7) is 1.37. The second kappa shape index (κ2) is 7.65. The van der Waals surface area contributed by atoms with Gasteiger partial charge in [0, 0.05) is 31.4 Å². The lowest BCUT2D eigenvalue weighted by atomic mass is 9.93. The summed E-state index contributed by atoms with van der Waals surface area (Å²) in [6.07, 6.45) is 4.74. The average molecular weight is 358 g/mol. The lowest BCUT2D eigenvalue weighted by molar-refractivity contribution is -0.118. The Labute approximate surface area is 151 Å². The van der Waals surface area contributed by atoms with Crippen molar-refractivity contribution >= 4 is 24.0 Å². The Kier molecular flexibility index (Phi) is 5.33. The molecule has 0 spiro atoms. The molecule has 1 aliphatic rings. The third kappa shape index (κ3) is 3.99. The zero-order valence-electron chi connectivity index (χ0n) is 14.0. The fraction of sp³-hybridized carbons (Fsp3) is 0.389. The van der Waals surface area contributed by atoms with Crippen LogP contribution in [0.3, 0.4) is 0 Å². The fourth-order valence-electron chi connectivity index (χ4n) is 3.35. The topological polar surface area (TPSA) is 84.1 Å². The van der Waals surface area contributed by atoms with Gasteiger partial charge in [-0.05, 0) is 49.5 Å². The molecule has 132 valence electrons. The molecule has 1 fully saturated rings. The molecular formula is C18H22N4O2S. The average Bonchev–Trinajstić information content (AvgIpc) is 3.02. The van der Waals surface area contributed by atoms with Crippen LogP contribution in [0.4, 0.5) is 0 Å². The molecule has 2 heterocycles. The van der Waals surface area contributed by atoms with Crippen LogP contribution in [0, 0.1) is 10.7 Å². The maximum atomic E-state index is 13.0. The van der Waals surface area contributed by atoms with E-state index in [2.05, 4.69) is 4.98 Å². The molecule has 1 aromatic heterocycles. The number of para-hydroxylation sites is 1. The van der Waals surface area contributed by atoms with Crippen LogP contribution in [-0.2, 0) is 4.79 Å². The summed E-state index contributed by atoms with van der Waals surface area (Å²) in [5, 5.41) is 0. The van der Waals surface area contributed by atoms with Gasteiger partial charge in [0.15, 0.2) is 4.77 Å². The minimum atomic E-state index is -0.285. The van der Waals surface area contributed by atoms with E-state index in [1.54, 1.807) is 10.8 Å². The number of H-pyrrole nitrogens is 1. The number of nitrogens with one attached hydrogen (secondary N) is 1. The summed E-state index contributed by atoms with van der Waals surface area (Å²) in [5.41, 5.74) is 6.64. The third-order valence-corrected chi connectivity index (χ3v) is 4.92. The van der Waals surface area contributed by atoms with Crippen LogP contribution in [0.1, 0.15) is 36.2 Å². The van der Waals surface area contributed by atoms with E-state index in [1.807, 2.05) is 35.2 Å². The lowest BCUT2D eigenvalue weighted by Gasteiger charge is -2.32. The largest absolute Gasteiger partial charge is 0.370 e. The number of carbonyl (C=O) groups excluding carboxylic acids is 2. The van der Waals surface area contributed by atoms with Gasteiger partial charge in [0.25, 0.3) is 5.91 Å². The van der Waals surface area contributed by atoms with Gasteiger partial charge in [-0.15, -0.1) is 0 Å². The highest BCUT2D eigenvalue weighted by Crippen LogP contribution is 2.23. The maximum absolute atomic E-state index is 13.0. The first-order chi connectivity index (χ1) is 12.1. The van der Waals surface area contributed by atoms with E-state index in [0.29, 0.717) is 29.3 Å². The Hall–Kier alpha value is -2.41. The van der Waals surface area contributed by atoms with E-state index in [0.717, 1.165) is 31.5 Å². The molecule has 2 amide bonds. The second-order valence-electron chi connectivity index (χ2n) is 6.41. The van der Waals surface area contributed by atoms with Crippen LogP contribution in [0.25, 0.3) is 5.69 Å². The van der Waals surface area contributed by atoms with Gasteiger partial charge in [-0.25, -0.2) is 0 Å². The normalized spacial score (nSPS) is 17.4. The van der Waals surface area contributed by atoms with Gasteiger partial charge in [-0.1, -0.05) is 18.2 Å². The number of imidazole rings is 1. The number of rotatable bonds is 5. The monoisotopic (exact) mass is 358 g/mol. The number of amides is 2. The number of hydrogen-bond donors (Lipinski definition) is 2. The van der Waals surface area contributed by atoms with Crippen LogP contribution < -0.4 is 5.73 Å². The van der Waals surface area contributed by atoms with Crippen molar-refractivity contribution in [3.05, 3.63) is 47.0 Å². The first-order valence-electron chi connectivity index (χ1n) is 8.49. The maximum Gasteiger partial charge on any atom is 0.272 e. The second-order valence-corrected chi connectivity index (χ2v) is 6.80. The van der Waals surface area contributed by atoms with Crippen molar-refractivity contribution < 1.29 is 9.59 Å². The molecule has 0 radical (unpaired) electrons. The zero-order chi connectivity index (χ0) is 17.8. The number of aromatic nitrogens is 2. The third-order valence-electron chi connectivity index (χ3n) is 4.62. The number of aromatic amines is 1. The van der Waals surface area contributed by atoms with E-state index in [1.165, 1.54) is 0 Å². The van der Waals surface area contributed by atoms with Gasteiger partial charge in [0.1, 0.15) is 5.69 Å². The fourth-order valence-corrected chi connectivity index (χ4v) is 3.62. The molecule has 1 aliphatic heterocycles. The Bertz CT molecular complexity index is 812. The number of hydrogen-bond acceptors (Lipinski definition) is 3. The highest BCUT2D eigenvalue weighted by molar-refractivity contribution is 7.71. The first-order valence-corrected chi connectivity index (χ1v) is 8.90. The Morgan fingerprint density at radius 3 is 2.76 bits per heavy atom. The molecule has 6 nitrogen and oxygen atoms in total. The highest BCUT2D eigenvalue weighted by Gasteiger charge is 2.27. The van der Waals surface area contributed by atoms with Gasteiger partial charge in [-0.3, -0.25) is 14.2 Å². The lowest BCUT2D eigenvalue weighted by Crippen LogP contribution is -2.40.